The highest BCUT2D eigenvalue weighted by Crippen LogP contribution is 2.43. The van der Waals surface area contributed by atoms with E-state index in [4.69, 9.17) is 0 Å². The van der Waals surface area contributed by atoms with Gasteiger partial charge >= 0.3 is 18.5 Å². The topological polar surface area (TPSA) is 41.1 Å². The molecular weight excluding hydrogens is 491 g/mol. The minimum absolute atomic E-state index is 0.0685. The average molecular weight is 504 g/mol. The Morgan fingerprint density at radius 3 is 1.37 bits per heavy atom. The lowest BCUT2D eigenvalue weighted by molar-refractivity contribution is -0.156. The highest BCUT2D eigenvalue weighted by atomic mass is 19.4. The van der Waals surface area contributed by atoms with Crippen LogP contribution in [0.5, 0.6) is 0 Å². The van der Waals surface area contributed by atoms with Gasteiger partial charge in [0.15, 0.2) is 0 Å². The number of halogens is 9. The van der Waals surface area contributed by atoms with Gasteiger partial charge < -0.3 is 10.6 Å². The molecule has 1 heterocycles. The molecule has 0 aromatic heterocycles. The summed E-state index contributed by atoms with van der Waals surface area (Å²) in [5.74, 6) is -1.38. The third-order valence-corrected chi connectivity index (χ3v) is 5.35. The number of fused-ring (bicyclic) bond motifs is 1. The van der Waals surface area contributed by atoms with Crippen molar-refractivity contribution in [3.05, 3.63) is 71.8 Å². The largest absolute Gasteiger partial charge is 0.417 e. The maximum Gasteiger partial charge on any atom is 0.417 e. The molecule has 2 N–H and O–H groups in total. The predicted octanol–water partition coefficient (Wildman–Crippen LogP) is 7.35. The van der Waals surface area contributed by atoms with Crippen molar-refractivity contribution >= 4 is 17.3 Å². The Balaban J connectivity index is 1.87. The first-order chi connectivity index (χ1) is 16.1. The third kappa shape index (κ3) is 4.91. The Kier molecular flexibility index (Phi) is 5.73. The molecule has 0 radical (unpaired) electrons. The summed E-state index contributed by atoms with van der Waals surface area (Å²) >= 11 is 0. The number of hydrogen-bond donors (Lipinski definition) is 2. The number of benzene rings is 3. The number of rotatable bonds is 2. The fourth-order valence-electron chi connectivity index (χ4n) is 3.63. The first-order valence-electron chi connectivity index (χ1n) is 9.82. The molecule has 3 aromatic rings. The number of amides is 1. The summed E-state index contributed by atoms with van der Waals surface area (Å²) in [5, 5.41) is 4.19. The van der Waals surface area contributed by atoms with Crippen molar-refractivity contribution in [3.8, 4) is 22.3 Å². The zero-order valence-electron chi connectivity index (χ0n) is 17.2. The molecule has 0 unspecified atom stereocenters. The van der Waals surface area contributed by atoms with Gasteiger partial charge in [0.1, 0.15) is 0 Å². The van der Waals surface area contributed by atoms with E-state index in [2.05, 4.69) is 10.6 Å². The molecular formula is C23H13F9N2O. The number of carbonyl (C=O) groups excluding carboxylic acids is 1. The van der Waals surface area contributed by atoms with Gasteiger partial charge in [0.2, 0.25) is 6.04 Å². The number of hydrogen-bond acceptors (Lipinski definition) is 2. The van der Waals surface area contributed by atoms with Gasteiger partial charge in [-0.2, -0.15) is 39.5 Å². The van der Waals surface area contributed by atoms with Gasteiger partial charge in [-0.25, -0.2) is 0 Å². The maximum absolute atomic E-state index is 13.2. The smallest absolute Gasteiger partial charge is 0.365 e. The van der Waals surface area contributed by atoms with Crippen molar-refractivity contribution < 1.29 is 44.3 Å². The van der Waals surface area contributed by atoms with Gasteiger partial charge in [-0.1, -0.05) is 24.3 Å². The molecule has 0 saturated heterocycles. The van der Waals surface area contributed by atoms with Gasteiger partial charge in [-0.05, 0) is 58.7 Å². The van der Waals surface area contributed by atoms with Crippen LogP contribution in [0.15, 0.2) is 60.7 Å². The maximum atomic E-state index is 13.2. The molecule has 1 aliphatic heterocycles. The van der Waals surface area contributed by atoms with E-state index in [1.165, 1.54) is 12.1 Å². The monoisotopic (exact) mass is 504 g/mol. The van der Waals surface area contributed by atoms with E-state index in [9.17, 15) is 44.3 Å². The zero-order chi connectivity index (χ0) is 25.8. The van der Waals surface area contributed by atoms with Crippen LogP contribution in [0.3, 0.4) is 0 Å². The Labute approximate surface area is 191 Å². The normalized spacial score (nSPS) is 16.4. The molecule has 0 saturated carbocycles. The molecule has 3 aromatic carbocycles. The van der Waals surface area contributed by atoms with E-state index in [0.717, 1.165) is 48.5 Å². The summed E-state index contributed by atoms with van der Waals surface area (Å²) in [6.07, 6.45) is -14.2. The van der Waals surface area contributed by atoms with Gasteiger partial charge in [0.25, 0.3) is 5.91 Å². The van der Waals surface area contributed by atoms with Crippen LogP contribution in [0.4, 0.5) is 50.9 Å². The van der Waals surface area contributed by atoms with E-state index < -0.39 is 41.6 Å². The van der Waals surface area contributed by atoms with Crippen LogP contribution in [-0.4, -0.2) is 18.1 Å². The van der Waals surface area contributed by atoms with Gasteiger partial charge in [0, 0.05) is 0 Å². The van der Waals surface area contributed by atoms with Crippen molar-refractivity contribution in [2.24, 2.45) is 0 Å². The van der Waals surface area contributed by atoms with Crippen molar-refractivity contribution in [1.82, 2.24) is 0 Å². The predicted molar refractivity (Wildman–Crippen MR) is 109 cm³/mol. The Morgan fingerprint density at radius 2 is 1.00 bits per heavy atom. The fourth-order valence-corrected chi connectivity index (χ4v) is 3.63. The number of nitrogens with one attached hydrogen (secondary N) is 2. The van der Waals surface area contributed by atoms with E-state index in [-0.39, 0.29) is 33.6 Å². The summed E-state index contributed by atoms with van der Waals surface area (Å²) in [7, 11) is 0. The summed E-state index contributed by atoms with van der Waals surface area (Å²) in [5.41, 5.74) is -1.44. The molecule has 1 amide bonds. The van der Waals surface area contributed by atoms with Crippen LogP contribution in [0.25, 0.3) is 22.3 Å². The zero-order valence-corrected chi connectivity index (χ0v) is 17.2. The molecule has 3 nitrogen and oxygen atoms in total. The Morgan fingerprint density at radius 1 is 0.600 bits per heavy atom. The van der Waals surface area contributed by atoms with Crippen molar-refractivity contribution in [2.45, 2.75) is 24.6 Å². The first-order valence-corrected chi connectivity index (χ1v) is 9.82. The summed E-state index contributed by atoms with van der Waals surface area (Å²) < 4.78 is 117. The quantitative estimate of drug-likeness (QED) is 0.358. The average Bonchev–Trinajstić information content (AvgIpc) is 2.76. The molecule has 0 aliphatic carbocycles. The molecule has 0 bridgehead atoms. The van der Waals surface area contributed by atoms with Crippen LogP contribution in [0.2, 0.25) is 0 Å². The van der Waals surface area contributed by atoms with Crippen LogP contribution in [0.1, 0.15) is 11.1 Å². The van der Waals surface area contributed by atoms with E-state index in [1.807, 2.05) is 0 Å². The Hall–Kier alpha value is -3.70. The molecule has 184 valence electrons. The lowest BCUT2D eigenvalue weighted by Gasteiger charge is -2.29. The lowest BCUT2D eigenvalue weighted by Crippen LogP contribution is -2.48. The summed E-state index contributed by atoms with van der Waals surface area (Å²) in [6, 6.07) is 7.46. The molecule has 12 heteroatoms. The summed E-state index contributed by atoms with van der Waals surface area (Å²) in [4.78, 5) is 12.0. The van der Waals surface area contributed by atoms with Crippen LogP contribution >= 0.6 is 0 Å². The fraction of sp³-hybridized carbons (Fsp3) is 0.174. The second-order valence-corrected chi connectivity index (χ2v) is 7.70. The Bertz CT molecular complexity index is 1260. The third-order valence-electron chi connectivity index (χ3n) is 5.35. The van der Waals surface area contributed by atoms with E-state index in [1.54, 1.807) is 0 Å². The second-order valence-electron chi connectivity index (χ2n) is 7.70. The minimum atomic E-state index is -4.93. The second kappa shape index (κ2) is 8.21. The highest BCUT2D eigenvalue weighted by molar-refractivity contribution is 6.06. The number of carbonyl (C=O) groups is 1. The standard InChI is InChI=1S/C23H13F9N2O/c24-21(25,26)13-5-1-11(2-6-13)15-9-17-18(34-20(35)19(33-17)23(30,31)32)10-16(15)12-3-7-14(8-4-12)22(27,28)29/h1-10,19,33H,(H,34,35)/t19-/m1/s1. The van der Waals surface area contributed by atoms with Crippen molar-refractivity contribution in [3.63, 3.8) is 0 Å². The lowest BCUT2D eigenvalue weighted by atomic mass is 9.91. The van der Waals surface area contributed by atoms with Crippen LogP contribution < -0.4 is 10.6 Å². The van der Waals surface area contributed by atoms with Gasteiger partial charge in [-0.3, -0.25) is 4.79 Å². The molecule has 35 heavy (non-hydrogen) atoms. The highest BCUT2D eigenvalue weighted by Gasteiger charge is 2.47. The molecule has 0 fully saturated rings. The van der Waals surface area contributed by atoms with Crippen LogP contribution in [-0.2, 0) is 17.1 Å². The van der Waals surface area contributed by atoms with Crippen molar-refractivity contribution in [2.75, 3.05) is 10.6 Å². The van der Waals surface area contributed by atoms with E-state index >= 15 is 0 Å². The molecule has 0 spiro atoms. The van der Waals surface area contributed by atoms with Crippen molar-refractivity contribution in [1.29, 1.82) is 0 Å². The van der Waals surface area contributed by atoms with Gasteiger partial charge in [-0.15, -0.1) is 0 Å². The van der Waals surface area contributed by atoms with Gasteiger partial charge in [0.05, 0.1) is 22.5 Å². The van der Waals surface area contributed by atoms with E-state index in [0.29, 0.717) is 0 Å². The first kappa shape index (κ1) is 24.4. The minimum Gasteiger partial charge on any atom is -0.365 e. The number of anilines is 2. The molecule has 4 rings (SSSR count). The SMILES string of the molecule is O=C1Nc2cc(-c3ccc(C(F)(F)F)cc3)c(-c3ccc(C(F)(F)F)cc3)cc2N[C@H]1C(F)(F)F. The number of alkyl halides is 9. The molecule has 1 aliphatic rings. The summed E-state index contributed by atoms with van der Waals surface area (Å²) in [6.45, 7) is 0. The molecule has 1 atom stereocenters. The van der Waals surface area contributed by atoms with Crippen LogP contribution in [0, 0.1) is 0 Å².